The molecule has 0 N–H and O–H groups in total. The Labute approximate surface area is 124 Å². The normalized spacial score (nSPS) is 18.8. The second-order valence-electron chi connectivity index (χ2n) is 4.86. The minimum absolute atomic E-state index is 0.129. The Balaban J connectivity index is 2.00. The largest absolute Gasteiger partial charge is 0.467 e. The van der Waals surface area contributed by atoms with Crippen molar-refractivity contribution < 1.29 is 19.1 Å². The highest BCUT2D eigenvalue weighted by atomic mass is 16.6. The first-order valence-corrected chi connectivity index (χ1v) is 6.84. The van der Waals surface area contributed by atoms with Crippen molar-refractivity contribution in [1.82, 2.24) is 4.90 Å². The van der Waals surface area contributed by atoms with Crippen molar-refractivity contribution in [1.29, 1.82) is 0 Å². The van der Waals surface area contributed by atoms with E-state index in [-0.39, 0.29) is 12.5 Å². The van der Waals surface area contributed by atoms with Gasteiger partial charge in [-0.15, -0.1) is 0 Å². The maximum Gasteiger partial charge on any atom is 0.336 e. The number of esters is 1. The highest BCUT2D eigenvalue weighted by Gasteiger charge is 2.28. The zero-order valence-corrected chi connectivity index (χ0v) is 12.2. The molecule has 1 amide bonds. The molecule has 2 rings (SSSR count). The Morgan fingerprint density at radius 2 is 2.14 bits per heavy atom. The Morgan fingerprint density at radius 3 is 2.86 bits per heavy atom. The number of carbonyl (C=O) groups is 2. The molecule has 5 nitrogen and oxygen atoms in total. The van der Waals surface area contributed by atoms with E-state index >= 15 is 0 Å². The number of aryl methyl sites for hydroxylation is 1. The van der Waals surface area contributed by atoms with Crippen molar-refractivity contribution in [3.05, 3.63) is 41.5 Å². The molecule has 21 heavy (non-hydrogen) atoms. The van der Waals surface area contributed by atoms with E-state index in [0.29, 0.717) is 13.2 Å². The lowest BCUT2D eigenvalue weighted by atomic mass is 10.1. The summed E-state index contributed by atoms with van der Waals surface area (Å²) in [6.45, 7) is 3.03. The van der Waals surface area contributed by atoms with Gasteiger partial charge >= 0.3 is 5.97 Å². The molecule has 5 heteroatoms. The third-order valence-corrected chi connectivity index (χ3v) is 3.44. The van der Waals surface area contributed by atoms with Crippen LogP contribution in [-0.4, -0.2) is 49.7 Å². The van der Waals surface area contributed by atoms with E-state index in [1.54, 1.807) is 11.0 Å². The van der Waals surface area contributed by atoms with E-state index in [0.717, 1.165) is 11.1 Å². The van der Waals surface area contributed by atoms with Gasteiger partial charge in [-0.2, -0.15) is 0 Å². The first kappa shape index (κ1) is 15.3. The van der Waals surface area contributed by atoms with Crippen LogP contribution in [0.1, 0.15) is 11.1 Å². The number of amides is 1. The van der Waals surface area contributed by atoms with Crippen LogP contribution in [0.25, 0.3) is 6.08 Å². The van der Waals surface area contributed by atoms with Gasteiger partial charge in [-0.25, -0.2) is 4.79 Å². The number of ether oxygens (including phenoxy) is 2. The number of morpholine rings is 1. The maximum atomic E-state index is 12.2. The summed E-state index contributed by atoms with van der Waals surface area (Å²) in [5.41, 5.74) is 2.11. The first-order chi connectivity index (χ1) is 10.1. The molecular formula is C16H19NO4. The van der Waals surface area contributed by atoms with Crippen LogP contribution in [0.2, 0.25) is 0 Å². The van der Waals surface area contributed by atoms with Gasteiger partial charge in [0.05, 0.1) is 20.3 Å². The van der Waals surface area contributed by atoms with Gasteiger partial charge in [0.15, 0.2) is 6.10 Å². The lowest BCUT2D eigenvalue weighted by Crippen LogP contribution is -2.48. The van der Waals surface area contributed by atoms with Crippen LogP contribution >= 0.6 is 0 Å². The third-order valence-electron chi connectivity index (χ3n) is 3.44. The van der Waals surface area contributed by atoms with Crippen LogP contribution in [0.4, 0.5) is 0 Å². The summed E-state index contributed by atoms with van der Waals surface area (Å²) in [6.07, 6.45) is 2.63. The zero-order valence-electron chi connectivity index (χ0n) is 12.2. The van der Waals surface area contributed by atoms with Gasteiger partial charge in [0.25, 0.3) is 0 Å². The van der Waals surface area contributed by atoms with E-state index in [4.69, 9.17) is 4.74 Å². The van der Waals surface area contributed by atoms with E-state index in [1.165, 1.54) is 13.2 Å². The van der Waals surface area contributed by atoms with Crippen molar-refractivity contribution in [3.8, 4) is 0 Å². The minimum Gasteiger partial charge on any atom is -0.467 e. The molecule has 1 fully saturated rings. The molecule has 112 valence electrons. The highest BCUT2D eigenvalue weighted by molar-refractivity contribution is 5.92. The molecule has 1 saturated heterocycles. The molecule has 1 heterocycles. The SMILES string of the molecule is COC(=O)C1CN(C(=O)/C=C/c2ccccc2C)CCO1. The topological polar surface area (TPSA) is 55.8 Å². The molecule has 1 aromatic carbocycles. The van der Waals surface area contributed by atoms with Crippen molar-refractivity contribution in [2.75, 3.05) is 26.8 Å². The molecule has 1 atom stereocenters. The molecule has 0 radical (unpaired) electrons. The number of carbonyl (C=O) groups excluding carboxylic acids is 2. The Bertz CT molecular complexity index is 553. The van der Waals surface area contributed by atoms with Crippen LogP contribution < -0.4 is 0 Å². The van der Waals surface area contributed by atoms with Crippen LogP contribution in [-0.2, 0) is 19.1 Å². The summed E-state index contributed by atoms with van der Waals surface area (Å²) in [6, 6.07) is 7.83. The molecule has 1 aromatic rings. The quantitative estimate of drug-likeness (QED) is 0.623. The smallest absolute Gasteiger partial charge is 0.336 e. The zero-order chi connectivity index (χ0) is 15.2. The molecule has 1 aliphatic rings. The molecular weight excluding hydrogens is 270 g/mol. The fraction of sp³-hybridized carbons (Fsp3) is 0.375. The van der Waals surface area contributed by atoms with Gasteiger partial charge in [0.1, 0.15) is 0 Å². The van der Waals surface area contributed by atoms with E-state index in [1.807, 2.05) is 31.2 Å². The summed E-state index contributed by atoms with van der Waals surface area (Å²) >= 11 is 0. The van der Waals surface area contributed by atoms with Gasteiger partial charge in [0.2, 0.25) is 5.91 Å². The molecule has 0 aromatic heterocycles. The number of hydrogen-bond acceptors (Lipinski definition) is 4. The second-order valence-corrected chi connectivity index (χ2v) is 4.86. The maximum absolute atomic E-state index is 12.2. The predicted molar refractivity (Wildman–Crippen MR) is 78.5 cm³/mol. The van der Waals surface area contributed by atoms with Gasteiger partial charge in [-0.05, 0) is 24.1 Å². The Morgan fingerprint density at radius 1 is 1.38 bits per heavy atom. The molecule has 1 aliphatic heterocycles. The fourth-order valence-corrected chi connectivity index (χ4v) is 2.16. The van der Waals surface area contributed by atoms with Crippen LogP contribution in [0.5, 0.6) is 0 Å². The van der Waals surface area contributed by atoms with E-state index in [2.05, 4.69) is 4.74 Å². The molecule has 1 unspecified atom stereocenters. The van der Waals surface area contributed by atoms with E-state index < -0.39 is 12.1 Å². The van der Waals surface area contributed by atoms with E-state index in [9.17, 15) is 9.59 Å². The highest BCUT2D eigenvalue weighted by Crippen LogP contribution is 2.11. The summed E-state index contributed by atoms with van der Waals surface area (Å²) in [5, 5.41) is 0. The van der Waals surface area contributed by atoms with Crippen molar-refractivity contribution in [2.24, 2.45) is 0 Å². The molecule has 0 saturated carbocycles. The monoisotopic (exact) mass is 289 g/mol. The molecule has 0 spiro atoms. The van der Waals surface area contributed by atoms with Gasteiger partial charge in [-0.1, -0.05) is 24.3 Å². The summed E-state index contributed by atoms with van der Waals surface area (Å²) in [5.74, 6) is -0.578. The molecule has 0 bridgehead atoms. The molecule has 0 aliphatic carbocycles. The number of methoxy groups -OCH3 is 1. The number of nitrogens with zero attached hydrogens (tertiary/aromatic N) is 1. The summed E-state index contributed by atoms with van der Waals surface area (Å²) in [4.78, 5) is 25.2. The number of benzene rings is 1. The van der Waals surface area contributed by atoms with Crippen LogP contribution in [0.3, 0.4) is 0 Å². The average Bonchev–Trinajstić information content (AvgIpc) is 2.53. The summed E-state index contributed by atoms with van der Waals surface area (Å²) in [7, 11) is 1.31. The van der Waals surface area contributed by atoms with Gasteiger partial charge < -0.3 is 14.4 Å². The minimum atomic E-state index is -0.695. The van der Waals surface area contributed by atoms with Gasteiger partial charge in [-0.3, -0.25) is 4.79 Å². The fourth-order valence-electron chi connectivity index (χ4n) is 2.16. The third kappa shape index (κ3) is 3.92. The lowest BCUT2D eigenvalue weighted by molar-refractivity contribution is -0.161. The van der Waals surface area contributed by atoms with Crippen molar-refractivity contribution in [3.63, 3.8) is 0 Å². The van der Waals surface area contributed by atoms with Crippen molar-refractivity contribution >= 4 is 18.0 Å². The number of hydrogen-bond donors (Lipinski definition) is 0. The predicted octanol–water partition coefficient (Wildman–Crippen LogP) is 1.41. The second kappa shape index (κ2) is 7.04. The number of rotatable bonds is 3. The standard InChI is InChI=1S/C16H19NO4/c1-12-5-3-4-6-13(12)7-8-15(18)17-9-10-21-14(11-17)16(19)20-2/h3-8,14H,9-11H2,1-2H3/b8-7+. The van der Waals surface area contributed by atoms with Crippen LogP contribution in [0, 0.1) is 6.92 Å². The Hall–Kier alpha value is -2.14. The lowest BCUT2D eigenvalue weighted by Gasteiger charge is -2.30. The Kier molecular flexibility index (Phi) is 5.11. The summed E-state index contributed by atoms with van der Waals surface area (Å²) < 4.78 is 9.94. The van der Waals surface area contributed by atoms with Crippen molar-refractivity contribution in [2.45, 2.75) is 13.0 Å². The first-order valence-electron chi connectivity index (χ1n) is 6.84. The van der Waals surface area contributed by atoms with Gasteiger partial charge in [0, 0.05) is 12.6 Å². The van der Waals surface area contributed by atoms with Crippen LogP contribution in [0.15, 0.2) is 30.3 Å². The average molecular weight is 289 g/mol.